The van der Waals surface area contributed by atoms with Gasteiger partial charge < -0.3 is 9.47 Å². The summed E-state index contributed by atoms with van der Waals surface area (Å²) in [5, 5.41) is 10.3. The number of carbonyl (C=O) groups excluding carboxylic acids is 2. The maximum atomic E-state index is 13.0. The highest BCUT2D eigenvalue weighted by molar-refractivity contribution is 5.97. The second kappa shape index (κ2) is 10.0. The molecular weight excluding hydrogens is 436 g/mol. The average molecular weight is 469 g/mol. The highest BCUT2D eigenvalue weighted by Crippen LogP contribution is 2.36. The molecule has 0 spiro atoms. The molecule has 1 saturated heterocycles. The highest BCUT2D eigenvalue weighted by atomic mass is 16.2. The molecule has 1 saturated carbocycles. The average Bonchev–Trinajstić information content (AvgIpc) is 3.24. The molecule has 1 amide bonds. The van der Waals surface area contributed by atoms with Crippen LogP contribution in [0.1, 0.15) is 78.0 Å². The maximum Gasteiger partial charge on any atom is 0.225 e. The number of piperidine rings is 1. The van der Waals surface area contributed by atoms with Crippen molar-refractivity contribution < 1.29 is 9.59 Å². The fraction of sp³-hybridized carbons (Fsp3) is 0.448. The van der Waals surface area contributed by atoms with E-state index in [4.69, 9.17) is 5.26 Å². The summed E-state index contributed by atoms with van der Waals surface area (Å²) in [4.78, 5) is 32.1. The minimum Gasteiger partial charge on any atom is -0.350 e. The van der Waals surface area contributed by atoms with Crippen LogP contribution in [0.4, 0.5) is 0 Å². The molecule has 35 heavy (non-hydrogen) atoms. The molecule has 3 aromatic rings. The van der Waals surface area contributed by atoms with Crippen LogP contribution in [0.2, 0.25) is 0 Å². The molecule has 1 aliphatic heterocycles. The lowest BCUT2D eigenvalue weighted by atomic mass is 9.85. The smallest absolute Gasteiger partial charge is 0.225 e. The van der Waals surface area contributed by atoms with Crippen LogP contribution < -0.4 is 0 Å². The molecule has 3 heterocycles. The van der Waals surface area contributed by atoms with Crippen LogP contribution in [-0.2, 0) is 18.3 Å². The number of nitriles is 1. The number of nitrogens with zero attached hydrogens (tertiary/aromatic N) is 4. The third-order valence-electron chi connectivity index (χ3n) is 7.82. The fourth-order valence-electron chi connectivity index (χ4n) is 5.85. The second-order valence-corrected chi connectivity index (χ2v) is 10.1. The lowest BCUT2D eigenvalue weighted by molar-refractivity contribution is -0.137. The Kier molecular flexibility index (Phi) is 6.68. The summed E-state index contributed by atoms with van der Waals surface area (Å²) in [6.45, 7) is 1.66. The summed E-state index contributed by atoms with van der Waals surface area (Å²) in [7, 11) is 2.07. The SMILES string of the molecule is Cn1cc(C2CCN(C(=O)C3CCCCC3)CC2)c2cc(CC(=O)c3cc(C#N)ccn3)ccc21. The first-order valence-electron chi connectivity index (χ1n) is 12.8. The first-order valence-corrected chi connectivity index (χ1v) is 12.8. The Labute approximate surface area is 206 Å². The first kappa shape index (κ1) is 23.3. The van der Waals surface area contributed by atoms with Gasteiger partial charge in [-0.2, -0.15) is 5.26 Å². The predicted molar refractivity (Wildman–Crippen MR) is 135 cm³/mol. The monoisotopic (exact) mass is 468 g/mol. The number of aryl methyl sites for hydroxylation is 1. The summed E-state index contributed by atoms with van der Waals surface area (Å²) in [6.07, 6.45) is 11.7. The molecule has 1 aliphatic carbocycles. The molecule has 0 radical (unpaired) electrons. The molecule has 0 atom stereocenters. The zero-order chi connectivity index (χ0) is 24.4. The van der Waals surface area contributed by atoms with Crippen LogP contribution in [0.15, 0.2) is 42.7 Å². The van der Waals surface area contributed by atoms with E-state index in [1.54, 1.807) is 12.1 Å². The van der Waals surface area contributed by atoms with Gasteiger partial charge in [0.25, 0.3) is 0 Å². The van der Waals surface area contributed by atoms with Crippen molar-refractivity contribution in [1.29, 1.82) is 5.26 Å². The number of likely N-dealkylation sites (tertiary alicyclic amines) is 1. The number of hydrogen-bond acceptors (Lipinski definition) is 4. The molecule has 1 aromatic carbocycles. The second-order valence-electron chi connectivity index (χ2n) is 10.1. The summed E-state index contributed by atoms with van der Waals surface area (Å²) >= 11 is 0. The molecule has 0 N–H and O–H groups in total. The maximum absolute atomic E-state index is 13.0. The minimum atomic E-state index is -0.0894. The number of hydrogen-bond donors (Lipinski definition) is 0. The van der Waals surface area contributed by atoms with Gasteiger partial charge in [-0.15, -0.1) is 0 Å². The van der Waals surface area contributed by atoms with Crippen LogP contribution in [0.25, 0.3) is 10.9 Å². The van der Waals surface area contributed by atoms with Crippen molar-refractivity contribution in [3.63, 3.8) is 0 Å². The van der Waals surface area contributed by atoms with E-state index in [9.17, 15) is 9.59 Å². The van der Waals surface area contributed by atoms with Gasteiger partial charge >= 0.3 is 0 Å². The standard InChI is InChI=1S/C29H32N4O2/c1-32-19-25(22-10-13-33(14-11-22)29(35)23-5-3-2-4-6-23)24-15-20(7-8-27(24)32)17-28(34)26-16-21(18-30)9-12-31-26/h7-9,12,15-16,19,22-23H,2-6,10-11,13-14,17H2,1H3. The van der Waals surface area contributed by atoms with Crippen LogP contribution in [0.3, 0.4) is 0 Å². The van der Waals surface area contributed by atoms with Crippen molar-refractivity contribution in [1.82, 2.24) is 14.5 Å². The molecule has 0 bridgehead atoms. The number of rotatable bonds is 5. The van der Waals surface area contributed by atoms with E-state index in [-0.39, 0.29) is 18.1 Å². The van der Waals surface area contributed by atoms with Crippen molar-refractivity contribution in [2.75, 3.05) is 13.1 Å². The van der Waals surface area contributed by atoms with Crippen molar-refractivity contribution in [3.8, 4) is 6.07 Å². The quantitative estimate of drug-likeness (QED) is 0.485. The third-order valence-corrected chi connectivity index (χ3v) is 7.82. The molecule has 0 unspecified atom stereocenters. The topological polar surface area (TPSA) is 79.0 Å². The zero-order valence-electron chi connectivity index (χ0n) is 20.4. The molecular formula is C29H32N4O2. The third kappa shape index (κ3) is 4.86. The lowest BCUT2D eigenvalue weighted by Gasteiger charge is -2.35. The Hall–Kier alpha value is -3.46. The molecule has 5 rings (SSSR count). The number of fused-ring (bicyclic) bond motifs is 1. The Morgan fingerprint density at radius 3 is 2.57 bits per heavy atom. The predicted octanol–water partition coefficient (Wildman–Crippen LogP) is 5.16. The van der Waals surface area contributed by atoms with Crippen LogP contribution in [0.5, 0.6) is 0 Å². The van der Waals surface area contributed by atoms with Gasteiger partial charge in [-0.1, -0.05) is 25.3 Å². The van der Waals surface area contributed by atoms with Gasteiger partial charge in [0.2, 0.25) is 5.91 Å². The number of Topliss-reactive ketones (excluding diaryl/α,β-unsaturated/α-hetero) is 1. The van der Waals surface area contributed by atoms with Gasteiger partial charge in [-0.25, -0.2) is 0 Å². The Balaban J connectivity index is 1.31. The van der Waals surface area contributed by atoms with Crippen molar-refractivity contribution >= 4 is 22.6 Å². The number of benzene rings is 1. The van der Waals surface area contributed by atoms with Crippen molar-refractivity contribution in [2.45, 2.75) is 57.3 Å². The van der Waals surface area contributed by atoms with E-state index < -0.39 is 0 Å². The molecule has 180 valence electrons. The first-order chi connectivity index (χ1) is 17.0. The van der Waals surface area contributed by atoms with Gasteiger partial charge in [-0.05, 0) is 67.0 Å². The molecule has 2 aromatic heterocycles. The van der Waals surface area contributed by atoms with Crippen LogP contribution in [-0.4, -0.2) is 39.2 Å². The van der Waals surface area contributed by atoms with Gasteiger partial charge in [0, 0.05) is 55.8 Å². The lowest BCUT2D eigenvalue weighted by Crippen LogP contribution is -2.41. The van der Waals surface area contributed by atoms with Gasteiger partial charge in [0.1, 0.15) is 5.69 Å². The number of amides is 1. The number of carbonyl (C=O) groups is 2. The van der Waals surface area contributed by atoms with Gasteiger partial charge in [0.05, 0.1) is 11.6 Å². The van der Waals surface area contributed by atoms with Gasteiger partial charge in [-0.3, -0.25) is 14.6 Å². The fourth-order valence-corrected chi connectivity index (χ4v) is 5.85. The normalized spacial score (nSPS) is 17.4. The highest BCUT2D eigenvalue weighted by Gasteiger charge is 2.30. The number of aromatic nitrogens is 2. The van der Waals surface area contributed by atoms with Crippen molar-refractivity contribution in [3.05, 3.63) is 65.1 Å². The summed E-state index contributed by atoms with van der Waals surface area (Å²) < 4.78 is 2.16. The number of ketones is 1. The van der Waals surface area contributed by atoms with E-state index in [1.165, 1.54) is 36.4 Å². The van der Waals surface area contributed by atoms with Crippen LogP contribution >= 0.6 is 0 Å². The summed E-state index contributed by atoms with van der Waals surface area (Å²) in [5.74, 6) is 0.930. The molecule has 2 fully saturated rings. The Morgan fingerprint density at radius 1 is 1.06 bits per heavy atom. The van der Waals surface area contributed by atoms with E-state index in [2.05, 4.69) is 45.9 Å². The Bertz CT molecular complexity index is 1290. The zero-order valence-corrected chi connectivity index (χ0v) is 20.4. The molecule has 6 heteroatoms. The van der Waals surface area contributed by atoms with Gasteiger partial charge in [0.15, 0.2) is 5.78 Å². The number of pyridine rings is 1. The minimum absolute atomic E-state index is 0.0894. The van der Waals surface area contributed by atoms with Crippen LogP contribution in [0, 0.1) is 17.2 Å². The van der Waals surface area contributed by atoms with E-state index >= 15 is 0 Å². The van der Waals surface area contributed by atoms with E-state index in [0.717, 1.165) is 49.9 Å². The summed E-state index contributed by atoms with van der Waals surface area (Å²) in [5.41, 5.74) is 4.18. The van der Waals surface area contributed by atoms with Crippen molar-refractivity contribution in [2.24, 2.45) is 13.0 Å². The largest absolute Gasteiger partial charge is 0.350 e. The Morgan fingerprint density at radius 2 is 1.83 bits per heavy atom. The summed E-state index contributed by atoms with van der Waals surface area (Å²) in [6, 6.07) is 11.4. The van der Waals surface area contributed by atoms with E-state index in [0.29, 0.717) is 23.1 Å². The molecule has 2 aliphatic rings. The van der Waals surface area contributed by atoms with E-state index in [1.807, 2.05) is 6.07 Å². The molecule has 6 nitrogen and oxygen atoms in total.